The van der Waals surface area contributed by atoms with E-state index in [4.69, 9.17) is 14.2 Å². The van der Waals surface area contributed by atoms with Crippen LogP contribution in [0.2, 0.25) is 0 Å². The molecule has 70 heavy (non-hydrogen) atoms. The van der Waals surface area contributed by atoms with Gasteiger partial charge in [0.1, 0.15) is 13.2 Å². The summed E-state index contributed by atoms with van der Waals surface area (Å²) >= 11 is 0. The van der Waals surface area contributed by atoms with Gasteiger partial charge in [-0.3, -0.25) is 23.7 Å². The van der Waals surface area contributed by atoms with E-state index >= 15 is 0 Å². The predicted octanol–water partition coefficient (Wildman–Crippen LogP) is 16.7. The highest BCUT2D eigenvalue weighted by molar-refractivity contribution is 5.94. The van der Waals surface area contributed by atoms with Crippen LogP contribution in [0.25, 0.3) is 10.9 Å². The van der Waals surface area contributed by atoms with Gasteiger partial charge in [-0.05, 0) is 56.8 Å². The lowest BCUT2D eigenvalue weighted by atomic mass is 9.96. The third-order valence-electron chi connectivity index (χ3n) is 14.2. The first-order valence-electron chi connectivity index (χ1n) is 29.3. The molecule has 0 amide bonds. The van der Waals surface area contributed by atoms with Crippen LogP contribution in [0.3, 0.4) is 0 Å². The third kappa shape index (κ3) is 32.7. The molecule has 2 aromatic rings. The van der Waals surface area contributed by atoms with Crippen LogP contribution in [0.15, 0.2) is 30.5 Å². The highest BCUT2D eigenvalue weighted by Crippen LogP contribution is 2.25. The molecule has 1 aromatic carbocycles. The smallest absolute Gasteiger partial charge is 0.306 e. The minimum Gasteiger partial charge on any atom is -0.462 e. The van der Waals surface area contributed by atoms with Gasteiger partial charge in [-0.2, -0.15) is 0 Å². The van der Waals surface area contributed by atoms with E-state index < -0.39 is 6.10 Å². The number of hydrogen-bond donors (Lipinski definition) is 0. The molecule has 0 aliphatic heterocycles. The second-order valence-corrected chi connectivity index (χ2v) is 21.6. The number of carbonyl (C=O) groups is 4. The zero-order valence-electron chi connectivity index (χ0n) is 46.2. The van der Waals surface area contributed by atoms with Gasteiger partial charge in [0.25, 0.3) is 0 Å². The number of fused-ring (bicyclic) bond motifs is 1. The maximum atomic E-state index is 13.4. The molecule has 0 aliphatic rings. The summed E-state index contributed by atoms with van der Waals surface area (Å²) in [6.07, 6.45) is 42.1. The lowest BCUT2D eigenvalue weighted by Gasteiger charge is -2.19. The van der Waals surface area contributed by atoms with E-state index in [2.05, 4.69) is 52.8 Å². The average molecular weight is 980 g/mol. The SMILES string of the molecule is CCCCCCCCCCCCCCCC(=O)OCC(COC(=O)CCCCCCCCCCCCCCC)OC(=O)CC(C)CCCCCCC(C)CC(=O)n1cc(CCN(C)C)c2ccccc21. The van der Waals surface area contributed by atoms with Crippen LogP contribution in [0, 0.1) is 11.8 Å². The Labute approximate surface area is 429 Å². The number of carbonyl (C=O) groups excluding carboxylic acids is 4. The van der Waals surface area contributed by atoms with Gasteiger partial charge >= 0.3 is 17.9 Å². The molecule has 2 atom stereocenters. The molecular formula is C61H106N2O7. The maximum absolute atomic E-state index is 13.4. The lowest BCUT2D eigenvalue weighted by molar-refractivity contribution is -0.167. The maximum Gasteiger partial charge on any atom is 0.306 e. The Morgan fingerprint density at radius 2 is 0.914 bits per heavy atom. The summed E-state index contributed by atoms with van der Waals surface area (Å²) in [7, 11) is 4.15. The molecule has 1 aromatic heterocycles. The molecule has 9 nitrogen and oxygen atoms in total. The van der Waals surface area contributed by atoms with Gasteiger partial charge in [-0.25, -0.2) is 0 Å². The Bertz CT molecular complexity index is 1570. The second-order valence-electron chi connectivity index (χ2n) is 21.6. The van der Waals surface area contributed by atoms with Crippen molar-refractivity contribution in [3.05, 3.63) is 36.0 Å². The Kier molecular flexibility index (Phi) is 38.0. The third-order valence-corrected chi connectivity index (χ3v) is 14.2. The van der Waals surface area contributed by atoms with Crippen molar-refractivity contribution in [1.29, 1.82) is 0 Å². The Morgan fingerprint density at radius 1 is 0.514 bits per heavy atom. The number of aromatic nitrogens is 1. The monoisotopic (exact) mass is 979 g/mol. The Morgan fingerprint density at radius 3 is 1.36 bits per heavy atom. The van der Waals surface area contributed by atoms with E-state index in [0.717, 1.165) is 95.5 Å². The van der Waals surface area contributed by atoms with Crippen molar-refractivity contribution in [2.45, 2.75) is 271 Å². The number of para-hydroxylation sites is 1. The van der Waals surface area contributed by atoms with E-state index in [1.807, 2.05) is 29.0 Å². The first-order valence-corrected chi connectivity index (χ1v) is 29.3. The number of hydrogen-bond acceptors (Lipinski definition) is 8. The van der Waals surface area contributed by atoms with Crippen LogP contribution in [0.4, 0.5) is 0 Å². The predicted molar refractivity (Wildman–Crippen MR) is 293 cm³/mol. The van der Waals surface area contributed by atoms with Gasteiger partial charge in [0.15, 0.2) is 6.10 Å². The highest BCUT2D eigenvalue weighted by Gasteiger charge is 2.22. The first-order chi connectivity index (χ1) is 34.0. The van der Waals surface area contributed by atoms with Crippen molar-refractivity contribution >= 4 is 34.7 Å². The average Bonchev–Trinajstić information content (AvgIpc) is 3.72. The van der Waals surface area contributed by atoms with Crippen LogP contribution in [0.1, 0.15) is 269 Å². The number of nitrogens with zero attached hydrogens (tertiary/aromatic N) is 2. The van der Waals surface area contributed by atoms with Gasteiger partial charge in [-0.15, -0.1) is 0 Å². The van der Waals surface area contributed by atoms with Crippen molar-refractivity contribution in [2.24, 2.45) is 11.8 Å². The zero-order valence-corrected chi connectivity index (χ0v) is 46.2. The van der Waals surface area contributed by atoms with Crippen molar-refractivity contribution in [3.8, 4) is 0 Å². The molecule has 0 saturated heterocycles. The Hall–Kier alpha value is -3.20. The number of ether oxygens (including phenoxy) is 3. The fraction of sp³-hybridized carbons (Fsp3) is 0.803. The summed E-state index contributed by atoms with van der Waals surface area (Å²) in [5.74, 6) is -0.338. The van der Waals surface area contributed by atoms with Crippen LogP contribution < -0.4 is 0 Å². The van der Waals surface area contributed by atoms with Crippen molar-refractivity contribution in [1.82, 2.24) is 9.47 Å². The van der Waals surface area contributed by atoms with Gasteiger partial charge in [0.2, 0.25) is 5.91 Å². The fourth-order valence-electron chi connectivity index (χ4n) is 9.66. The molecule has 402 valence electrons. The van der Waals surface area contributed by atoms with Crippen LogP contribution in [0.5, 0.6) is 0 Å². The van der Waals surface area contributed by atoms with Crippen LogP contribution in [-0.4, -0.2) is 73.2 Å². The van der Waals surface area contributed by atoms with E-state index in [0.29, 0.717) is 25.2 Å². The summed E-state index contributed by atoms with van der Waals surface area (Å²) in [6, 6.07) is 8.23. The minimum absolute atomic E-state index is 0.104. The van der Waals surface area contributed by atoms with Crippen LogP contribution >= 0.6 is 0 Å². The van der Waals surface area contributed by atoms with Crippen molar-refractivity contribution in [3.63, 3.8) is 0 Å². The minimum atomic E-state index is -0.818. The molecule has 0 fully saturated rings. The number of likely N-dealkylation sites (N-methyl/N-ethyl adjacent to an activating group) is 1. The lowest BCUT2D eigenvalue weighted by Crippen LogP contribution is -2.31. The van der Waals surface area contributed by atoms with Gasteiger partial charge in [0.05, 0.1) is 5.52 Å². The molecule has 0 bridgehead atoms. The number of esters is 3. The topological polar surface area (TPSA) is 104 Å². The fourth-order valence-corrected chi connectivity index (χ4v) is 9.66. The summed E-state index contributed by atoms with van der Waals surface area (Å²) in [5, 5.41) is 1.17. The van der Waals surface area contributed by atoms with E-state index in [9.17, 15) is 19.2 Å². The molecule has 0 N–H and O–H groups in total. The molecule has 2 rings (SSSR count). The quantitative estimate of drug-likeness (QED) is 0.0367. The van der Waals surface area contributed by atoms with E-state index in [1.165, 1.54) is 139 Å². The van der Waals surface area contributed by atoms with Crippen LogP contribution in [-0.2, 0) is 35.0 Å². The number of rotatable bonds is 47. The van der Waals surface area contributed by atoms with Gasteiger partial charge < -0.3 is 19.1 Å². The standard InChI is InChI=1S/C61H106N2O7/c1-7-9-11-13-15-17-19-21-23-25-27-29-35-43-59(65)68-50-55(51-69-60(66)44-36-30-28-26-24-22-20-18-16-14-12-10-8-2)70-61(67)48-53(4)40-34-32-31-33-39-52(3)47-58(64)63-49-54(45-46-62(5)6)56-41-37-38-42-57(56)63/h37-38,41-42,49,52-53,55H,7-36,39-40,43-48,50-51H2,1-6H3. The Balaban J connectivity index is 1.70. The molecule has 0 saturated carbocycles. The summed E-state index contributed by atoms with van der Waals surface area (Å²) in [5.41, 5.74) is 2.22. The number of benzene rings is 1. The largest absolute Gasteiger partial charge is 0.462 e. The molecule has 9 heteroatoms. The molecule has 0 aliphatic carbocycles. The molecule has 0 radical (unpaired) electrons. The first kappa shape index (κ1) is 62.9. The van der Waals surface area contributed by atoms with Gasteiger partial charge in [0, 0.05) is 43.8 Å². The molecule has 2 unspecified atom stereocenters. The summed E-state index contributed by atoms with van der Waals surface area (Å²) in [6.45, 7) is 9.52. The van der Waals surface area contributed by atoms with Crippen molar-refractivity contribution in [2.75, 3.05) is 33.9 Å². The highest BCUT2D eigenvalue weighted by atomic mass is 16.6. The summed E-state index contributed by atoms with van der Waals surface area (Å²) in [4.78, 5) is 54.2. The van der Waals surface area contributed by atoms with Crippen molar-refractivity contribution < 1.29 is 33.4 Å². The molecule has 0 spiro atoms. The number of unbranched alkanes of at least 4 members (excludes halogenated alkanes) is 27. The zero-order chi connectivity index (χ0) is 50.9. The van der Waals surface area contributed by atoms with Gasteiger partial charge in [-0.1, -0.05) is 239 Å². The summed E-state index contributed by atoms with van der Waals surface area (Å²) < 4.78 is 18.9. The second kappa shape index (κ2) is 42.3. The molecular weight excluding hydrogens is 873 g/mol. The van der Waals surface area contributed by atoms with E-state index in [-0.39, 0.29) is 49.4 Å². The normalized spacial score (nSPS) is 12.5. The van der Waals surface area contributed by atoms with E-state index in [1.54, 1.807) is 0 Å². The molecule has 1 heterocycles.